The number of amides is 2. The molecule has 4 rings (SSSR count). The number of fused-ring (bicyclic) bond motifs is 1. The average molecular weight is 502 g/mol. The molecule has 35 heavy (non-hydrogen) atoms. The number of morpholine rings is 1. The smallest absolute Gasteiger partial charge is 0.276 e. The fraction of sp³-hybridized carbons (Fsp3) is 0.435. The number of nitrogens with zero attached hydrogens (tertiary/aromatic N) is 5. The number of carbonyl (C=O) groups is 2. The zero-order valence-electron chi connectivity index (χ0n) is 19.9. The SMILES string of the molecule is CCn1c(CNC(=O)c2nc(Cl)c(N)nc2N)[n+](C)c2ccc(CCC(=O)N3CCOCC3)cc21. The number of hydrogen-bond donors (Lipinski definition) is 3. The van der Waals surface area contributed by atoms with E-state index in [1.165, 1.54) is 0 Å². The minimum absolute atomic E-state index is 0.0272. The van der Waals surface area contributed by atoms with E-state index in [1.54, 1.807) is 0 Å². The van der Waals surface area contributed by atoms with Crippen LogP contribution < -0.4 is 21.4 Å². The van der Waals surface area contributed by atoms with Crippen molar-refractivity contribution in [3.63, 3.8) is 0 Å². The molecule has 1 aliphatic heterocycles. The van der Waals surface area contributed by atoms with Gasteiger partial charge in [0, 0.05) is 19.5 Å². The monoisotopic (exact) mass is 501 g/mol. The molecule has 0 spiro atoms. The Morgan fingerprint density at radius 3 is 2.66 bits per heavy atom. The van der Waals surface area contributed by atoms with E-state index < -0.39 is 5.91 Å². The van der Waals surface area contributed by atoms with Gasteiger partial charge in [-0.25, -0.2) is 19.1 Å². The Morgan fingerprint density at radius 2 is 1.94 bits per heavy atom. The molecule has 0 aliphatic carbocycles. The molecule has 0 bridgehead atoms. The highest BCUT2D eigenvalue weighted by Gasteiger charge is 2.24. The minimum atomic E-state index is -0.493. The van der Waals surface area contributed by atoms with Crippen molar-refractivity contribution in [3.8, 4) is 0 Å². The van der Waals surface area contributed by atoms with Gasteiger partial charge in [-0.05, 0) is 31.0 Å². The molecule has 2 amide bonds. The van der Waals surface area contributed by atoms with Crippen molar-refractivity contribution in [2.24, 2.45) is 7.05 Å². The van der Waals surface area contributed by atoms with Crippen molar-refractivity contribution >= 4 is 46.1 Å². The van der Waals surface area contributed by atoms with Crippen LogP contribution in [0.4, 0.5) is 11.6 Å². The lowest BCUT2D eigenvalue weighted by Crippen LogP contribution is -2.40. The van der Waals surface area contributed by atoms with E-state index in [4.69, 9.17) is 27.8 Å². The highest BCUT2D eigenvalue weighted by Crippen LogP contribution is 2.20. The third-order valence-electron chi connectivity index (χ3n) is 6.23. The second-order valence-electron chi connectivity index (χ2n) is 8.35. The maximum Gasteiger partial charge on any atom is 0.276 e. The Hall–Kier alpha value is -3.44. The molecular weight excluding hydrogens is 472 g/mol. The highest BCUT2D eigenvalue weighted by molar-refractivity contribution is 6.31. The number of aromatic nitrogens is 4. The Kier molecular flexibility index (Phi) is 7.37. The number of halogens is 1. The van der Waals surface area contributed by atoms with Gasteiger partial charge in [0.1, 0.15) is 6.54 Å². The molecule has 0 atom stereocenters. The zero-order chi connectivity index (χ0) is 25.1. The van der Waals surface area contributed by atoms with Crippen LogP contribution in [0.3, 0.4) is 0 Å². The van der Waals surface area contributed by atoms with Gasteiger partial charge < -0.3 is 26.4 Å². The van der Waals surface area contributed by atoms with E-state index in [1.807, 2.05) is 35.6 Å². The highest BCUT2D eigenvalue weighted by atomic mass is 35.5. The summed E-state index contributed by atoms with van der Waals surface area (Å²) < 4.78 is 9.49. The standard InChI is InChI=1S/C23H29ClN8O3/c1-3-32-16-12-14(5-7-18(33)31-8-10-35-11-9-31)4-6-15(16)30(2)17(32)13-27-23(34)19-21(25)29-22(26)20(24)28-19/h4,6,12H,3,5,7-11,13H2,1-2H3,(H4-,25,26,27,29,34)/p+1. The summed E-state index contributed by atoms with van der Waals surface area (Å²) in [5.74, 6) is 0.442. The van der Waals surface area contributed by atoms with E-state index >= 15 is 0 Å². The molecule has 3 aromatic rings. The summed E-state index contributed by atoms with van der Waals surface area (Å²) in [5.41, 5.74) is 14.5. The van der Waals surface area contributed by atoms with Crippen LogP contribution in [0.15, 0.2) is 18.2 Å². The van der Waals surface area contributed by atoms with Crippen molar-refractivity contribution in [2.75, 3.05) is 37.8 Å². The van der Waals surface area contributed by atoms with Gasteiger partial charge in [-0.15, -0.1) is 0 Å². The van der Waals surface area contributed by atoms with Crippen LogP contribution in [0, 0.1) is 0 Å². The maximum absolute atomic E-state index is 12.7. The van der Waals surface area contributed by atoms with Crippen LogP contribution in [-0.2, 0) is 36.1 Å². The molecule has 2 aromatic heterocycles. The van der Waals surface area contributed by atoms with Gasteiger partial charge in [-0.3, -0.25) is 9.59 Å². The average Bonchev–Trinajstić information content (AvgIpc) is 3.13. The Bertz CT molecular complexity index is 1270. The summed E-state index contributed by atoms with van der Waals surface area (Å²) >= 11 is 5.91. The topological polar surface area (TPSA) is 145 Å². The fourth-order valence-corrected chi connectivity index (χ4v) is 4.45. The number of benzene rings is 1. The number of ether oxygens (including phenoxy) is 1. The van der Waals surface area contributed by atoms with Crippen molar-refractivity contribution in [3.05, 3.63) is 40.4 Å². The molecule has 0 unspecified atom stereocenters. The first kappa shape index (κ1) is 24.7. The molecule has 1 aliphatic rings. The molecule has 0 saturated carbocycles. The number of aryl methyl sites for hydroxylation is 3. The largest absolute Gasteiger partial charge is 0.382 e. The molecule has 3 heterocycles. The van der Waals surface area contributed by atoms with E-state index in [9.17, 15) is 9.59 Å². The number of nitrogens with one attached hydrogen (secondary N) is 1. The number of nitrogens with two attached hydrogens (primary N) is 2. The number of imidazole rings is 1. The molecule has 186 valence electrons. The number of carbonyl (C=O) groups excluding carboxylic acids is 2. The molecule has 0 radical (unpaired) electrons. The quantitative estimate of drug-likeness (QED) is 0.406. The van der Waals surface area contributed by atoms with Gasteiger partial charge >= 0.3 is 0 Å². The summed E-state index contributed by atoms with van der Waals surface area (Å²) in [4.78, 5) is 34.9. The lowest BCUT2D eigenvalue weighted by atomic mass is 10.1. The summed E-state index contributed by atoms with van der Waals surface area (Å²) in [6, 6.07) is 6.20. The lowest BCUT2D eigenvalue weighted by Gasteiger charge is -2.26. The van der Waals surface area contributed by atoms with Crippen molar-refractivity contribution in [1.29, 1.82) is 0 Å². The number of rotatable bonds is 7. The van der Waals surface area contributed by atoms with Gasteiger partial charge in [-0.1, -0.05) is 17.7 Å². The van der Waals surface area contributed by atoms with Gasteiger partial charge in [0.15, 0.2) is 33.5 Å². The van der Waals surface area contributed by atoms with Crippen LogP contribution in [0.1, 0.15) is 35.2 Å². The molecule has 1 saturated heterocycles. The van der Waals surface area contributed by atoms with Gasteiger partial charge in [-0.2, -0.15) is 0 Å². The van der Waals surface area contributed by atoms with Crippen LogP contribution in [-0.4, -0.2) is 57.6 Å². The summed E-state index contributed by atoms with van der Waals surface area (Å²) in [6.07, 6.45) is 1.12. The normalized spacial score (nSPS) is 13.9. The first-order chi connectivity index (χ1) is 16.8. The van der Waals surface area contributed by atoms with Gasteiger partial charge in [0.25, 0.3) is 11.7 Å². The van der Waals surface area contributed by atoms with E-state index in [0.717, 1.165) is 22.4 Å². The second-order valence-corrected chi connectivity index (χ2v) is 8.71. The van der Waals surface area contributed by atoms with Gasteiger partial charge in [0.2, 0.25) is 5.91 Å². The summed E-state index contributed by atoms with van der Waals surface area (Å²) in [5, 5.41) is 2.78. The lowest BCUT2D eigenvalue weighted by molar-refractivity contribution is -0.654. The minimum Gasteiger partial charge on any atom is -0.382 e. The molecule has 12 heteroatoms. The molecule has 1 aromatic carbocycles. The van der Waals surface area contributed by atoms with Crippen LogP contribution in [0.25, 0.3) is 11.0 Å². The second kappa shape index (κ2) is 10.4. The number of anilines is 2. The van der Waals surface area contributed by atoms with E-state index in [0.29, 0.717) is 45.7 Å². The van der Waals surface area contributed by atoms with Crippen molar-refractivity contribution in [2.45, 2.75) is 32.9 Å². The number of nitrogen functional groups attached to an aromatic ring is 2. The summed E-state index contributed by atoms with van der Waals surface area (Å²) in [6.45, 7) is 5.50. The maximum atomic E-state index is 12.7. The first-order valence-corrected chi connectivity index (χ1v) is 11.9. The molecule has 5 N–H and O–H groups in total. The fourth-order valence-electron chi connectivity index (χ4n) is 4.32. The van der Waals surface area contributed by atoms with E-state index in [-0.39, 0.29) is 34.9 Å². The van der Waals surface area contributed by atoms with Crippen molar-refractivity contribution in [1.82, 2.24) is 24.8 Å². The van der Waals surface area contributed by atoms with Crippen LogP contribution >= 0.6 is 11.6 Å². The third kappa shape index (κ3) is 5.15. The zero-order valence-corrected chi connectivity index (χ0v) is 20.6. The molecule has 11 nitrogen and oxygen atoms in total. The Morgan fingerprint density at radius 1 is 1.20 bits per heavy atom. The Balaban J connectivity index is 1.50. The van der Waals surface area contributed by atoms with Gasteiger partial charge in [0.05, 0.1) is 26.8 Å². The molecule has 1 fully saturated rings. The predicted octanol–water partition coefficient (Wildman–Crippen LogP) is 0.815. The Labute approximate surface area is 208 Å². The third-order valence-corrected chi connectivity index (χ3v) is 6.50. The predicted molar refractivity (Wildman–Crippen MR) is 132 cm³/mol. The van der Waals surface area contributed by atoms with Crippen LogP contribution in [0.2, 0.25) is 5.15 Å². The first-order valence-electron chi connectivity index (χ1n) is 11.5. The summed E-state index contributed by atoms with van der Waals surface area (Å²) in [7, 11) is 1.95. The van der Waals surface area contributed by atoms with E-state index in [2.05, 4.69) is 25.9 Å². The number of hydrogen-bond acceptors (Lipinski definition) is 7. The van der Waals surface area contributed by atoms with Crippen LogP contribution in [0.5, 0.6) is 0 Å². The molecular formula is C23H30ClN8O3+. The van der Waals surface area contributed by atoms with Crippen molar-refractivity contribution < 1.29 is 18.9 Å².